The number of hydrogen-bond acceptors (Lipinski definition) is 5. The van der Waals surface area contributed by atoms with Crippen molar-refractivity contribution in [2.75, 3.05) is 11.9 Å². The second kappa shape index (κ2) is 8.31. The summed E-state index contributed by atoms with van der Waals surface area (Å²) in [7, 11) is 0. The minimum Gasteiger partial charge on any atom is -0.452 e. The molecule has 0 bridgehead atoms. The first-order valence-electron chi connectivity index (χ1n) is 8.60. The lowest BCUT2D eigenvalue weighted by Gasteiger charge is -2.11. The van der Waals surface area contributed by atoms with Crippen LogP contribution in [0.1, 0.15) is 35.8 Å². The average molecular weight is 367 g/mol. The van der Waals surface area contributed by atoms with Gasteiger partial charge in [0.15, 0.2) is 6.61 Å². The Balaban J connectivity index is 1.52. The van der Waals surface area contributed by atoms with Crippen LogP contribution in [-0.4, -0.2) is 38.0 Å². The largest absolute Gasteiger partial charge is 0.452 e. The van der Waals surface area contributed by atoms with Gasteiger partial charge in [-0.2, -0.15) is 10.2 Å². The topological polar surface area (TPSA) is 91.0 Å². The second-order valence-electron chi connectivity index (χ2n) is 6.29. The fourth-order valence-electron chi connectivity index (χ4n) is 2.54. The number of esters is 1. The van der Waals surface area contributed by atoms with Gasteiger partial charge in [0.05, 0.1) is 24.5 Å². The van der Waals surface area contributed by atoms with E-state index in [1.165, 1.54) is 6.20 Å². The van der Waals surface area contributed by atoms with Gasteiger partial charge in [0.1, 0.15) is 5.82 Å². The van der Waals surface area contributed by atoms with Gasteiger partial charge in [-0.05, 0) is 19.4 Å². The van der Waals surface area contributed by atoms with E-state index in [4.69, 9.17) is 4.74 Å². The summed E-state index contributed by atoms with van der Waals surface area (Å²) in [6.07, 6.45) is 4.63. The van der Waals surface area contributed by atoms with E-state index in [9.17, 15) is 9.59 Å². The summed E-state index contributed by atoms with van der Waals surface area (Å²) in [5.74, 6) is -0.467. The van der Waals surface area contributed by atoms with Crippen molar-refractivity contribution in [1.29, 1.82) is 0 Å². The molecule has 2 heterocycles. The molecule has 1 amide bonds. The summed E-state index contributed by atoms with van der Waals surface area (Å²) in [6, 6.07) is 11.6. The van der Waals surface area contributed by atoms with Crippen LogP contribution in [0, 0.1) is 0 Å². The number of hydrogen-bond donors (Lipinski definition) is 1. The Hall–Kier alpha value is -3.42. The smallest absolute Gasteiger partial charge is 0.341 e. The molecule has 3 aromatic rings. The van der Waals surface area contributed by atoms with E-state index in [0.29, 0.717) is 17.9 Å². The number of rotatable bonds is 7. The molecule has 1 N–H and O–H groups in total. The van der Waals surface area contributed by atoms with Gasteiger partial charge in [0.25, 0.3) is 5.91 Å². The van der Waals surface area contributed by atoms with Crippen molar-refractivity contribution in [1.82, 2.24) is 19.6 Å². The van der Waals surface area contributed by atoms with Gasteiger partial charge in [0, 0.05) is 18.3 Å². The van der Waals surface area contributed by atoms with Crippen molar-refractivity contribution in [3.8, 4) is 0 Å². The quantitative estimate of drug-likeness (QED) is 0.648. The molecule has 27 heavy (non-hydrogen) atoms. The highest BCUT2D eigenvalue weighted by atomic mass is 16.5. The molecule has 0 aliphatic heterocycles. The Morgan fingerprint density at radius 1 is 1.15 bits per heavy atom. The first-order chi connectivity index (χ1) is 13.0. The van der Waals surface area contributed by atoms with Crippen molar-refractivity contribution in [2.24, 2.45) is 0 Å². The lowest BCUT2D eigenvalue weighted by Crippen LogP contribution is -2.23. The predicted octanol–water partition coefficient (Wildman–Crippen LogP) is 2.50. The third-order valence-electron chi connectivity index (χ3n) is 3.82. The Labute approximate surface area is 156 Å². The number of benzene rings is 1. The minimum absolute atomic E-state index is 0.105. The number of amides is 1. The van der Waals surface area contributed by atoms with Crippen molar-refractivity contribution < 1.29 is 14.3 Å². The summed E-state index contributed by atoms with van der Waals surface area (Å²) < 4.78 is 8.39. The van der Waals surface area contributed by atoms with Crippen LogP contribution >= 0.6 is 0 Å². The maximum atomic E-state index is 12.1. The number of carbonyl (C=O) groups is 2. The van der Waals surface area contributed by atoms with Crippen molar-refractivity contribution >= 4 is 17.7 Å². The normalized spacial score (nSPS) is 10.8. The van der Waals surface area contributed by atoms with Crippen molar-refractivity contribution in [2.45, 2.75) is 26.4 Å². The predicted molar refractivity (Wildman–Crippen MR) is 99.3 cm³/mol. The number of anilines is 1. The molecule has 8 nitrogen and oxygen atoms in total. The Bertz CT molecular complexity index is 914. The number of aromatic nitrogens is 4. The van der Waals surface area contributed by atoms with Crippen LogP contribution in [-0.2, 0) is 16.1 Å². The fourth-order valence-corrected chi connectivity index (χ4v) is 2.54. The van der Waals surface area contributed by atoms with Crippen LogP contribution in [0.25, 0.3) is 0 Å². The summed E-state index contributed by atoms with van der Waals surface area (Å²) >= 11 is 0. The third-order valence-corrected chi connectivity index (χ3v) is 3.82. The molecule has 0 atom stereocenters. The molecule has 140 valence electrons. The van der Waals surface area contributed by atoms with E-state index in [1.807, 2.05) is 44.2 Å². The number of nitrogens with zero attached hydrogens (tertiary/aromatic N) is 4. The Morgan fingerprint density at radius 3 is 2.67 bits per heavy atom. The Morgan fingerprint density at radius 2 is 1.93 bits per heavy atom. The minimum atomic E-state index is -0.596. The van der Waals surface area contributed by atoms with Crippen LogP contribution in [0.15, 0.2) is 55.0 Å². The van der Waals surface area contributed by atoms with E-state index in [0.717, 1.165) is 5.56 Å². The van der Waals surface area contributed by atoms with Crippen LogP contribution in [0.2, 0.25) is 0 Å². The zero-order valence-corrected chi connectivity index (χ0v) is 15.2. The number of ether oxygens (including phenoxy) is 1. The highest BCUT2D eigenvalue weighted by Gasteiger charge is 2.14. The average Bonchev–Trinajstić information content (AvgIpc) is 3.30. The molecule has 0 unspecified atom stereocenters. The monoisotopic (exact) mass is 367 g/mol. The van der Waals surface area contributed by atoms with Crippen molar-refractivity contribution in [3.63, 3.8) is 0 Å². The van der Waals surface area contributed by atoms with E-state index in [2.05, 4.69) is 15.5 Å². The number of carbonyl (C=O) groups excluding carboxylic acids is 2. The molecule has 0 aliphatic carbocycles. The van der Waals surface area contributed by atoms with E-state index >= 15 is 0 Å². The molecule has 2 aromatic heterocycles. The molecular formula is C19H21N5O3. The van der Waals surface area contributed by atoms with Gasteiger partial charge in [0.2, 0.25) is 0 Å². The van der Waals surface area contributed by atoms with Crippen LogP contribution in [0.4, 0.5) is 5.82 Å². The molecule has 3 rings (SSSR count). The molecule has 0 saturated heterocycles. The van der Waals surface area contributed by atoms with Gasteiger partial charge in [-0.1, -0.05) is 30.3 Å². The van der Waals surface area contributed by atoms with Crippen LogP contribution in [0.5, 0.6) is 0 Å². The van der Waals surface area contributed by atoms with Crippen LogP contribution in [0.3, 0.4) is 0 Å². The standard InChI is InChI=1S/C19H21N5O3/c1-14(2)24-17(8-9-20-24)22-18(25)13-27-19(26)16-10-21-23(12-16)11-15-6-4-3-5-7-15/h3-10,12,14H,11,13H2,1-2H3,(H,22,25). The summed E-state index contributed by atoms with van der Waals surface area (Å²) in [6.45, 7) is 4.07. The van der Waals surface area contributed by atoms with Crippen LogP contribution < -0.4 is 5.32 Å². The summed E-state index contributed by atoms with van der Waals surface area (Å²) in [5.41, 5.74) is 1.37. The van der Waals surface area contributed by atoms with E-state index in [-0.39, 0.29) is 12.6 Å². The molecule has 0 aliphatic rings. The molecule has 0 radical (unpaired) electrons. The molecule has 8 heteroatoms. The summed E-state index contributed by atoms with van der Waals surface area (Å²) in [5, 5.41) is 11.0. The van der Waals surface area contributed by atoms with Crippen molar-refractivity contribution in [3.05, 3.63) is 66.1 Å². The van der Waals surface area contributed by atoms with E-state index in [1.54, 1.807) is 27.8 Å². The fraction of sp³-hybridized carbons (Fsp3) is 0.263. The molecule has 1 aromatic carbocycles. The maximum Gasteiger partial charge on any atom is 0.341 e. The first-order valence-corrected chi connectivity index (χ1v) is 8.60. The van der Waals surface area contributed by atoms with E-state index < -0.39 is 11.9 Å². The van der Waals surface area contributed by atoms with Gasteiger partial charge in [-0.15, -0.1) is 0 Å². The molecule has 0 saturated carbocycles. The highest BCUT2D eigenvalue weighted by molar-refractivity contribution is 5.94. The zero-order chi connectivity index (χ0) is 19.2. The highest BCUT2D eigenvalue weighted by Crippen LogP contribution is 2.13. The second-order valence-corrected chi connectivity index (χ2v) is 6.29. The van der Waals surface area contributed by atoms with Gasteiger partial charge in [-0.25, -0.2) is 9.48 Å². The van der Waals surface area contributed by atoms with Gasteiger partial charge >= 0.3 is 5.97 Å². The van der Waals surface area contributed by atoms with Gasteiger partial charge in [-0.3, -0.25) is 9.48 Å². The zero-order valence-electron chi connectivity index (χ0n) is 15.2. The summed E-state index contributed by atoms with van der Waals surface area (Å²) in [4.78, 5) is 24.1. The maximum absolute atomic E-state index is 12.1. The third kappa shape index (κ3) is 4.81. The van der Waals surface area contributed by atoms with Gasteiger partial charge < -0.3 is 10.1 Å². The molecular weight excluding hydrogens is 346 g/mol. The lowest BCUT2D eigenvalue weighted by atomic mass is 10.2. The number of nitrogens with one attached hydrogen (secondary N) is 1. The molecule has 0 spiro atoms. The Kier molecular flexibility index (Phi) is 5.65. The lowest BCUT2D eigenvalue weighted by molar-refractivity contribution is -0.119. The first kappa shape index (κ1) is 18.4. The molecule has 0 fully saturated rings. The SMILES string of the molecule is CC(C)n1nccc1NC(=O)COC(=O)c1cnn(Cc2ccccc2)c1.